The van der Waals surface area contributed by atoms with Crippen molar-refractivity contribution in [3.05, 3.63) is 59.4 Å². The van der Waals surface area contributed by atoms with Gasteiger partial charge in [0.15, 0.2) is 0 Å². The minimum atomic E-state index is -4.40. The minimum absolute atomic E-state index is 0.0390. The molecule has 5 rings (SSSR count). The molecule has 1 aromatic heterocycles. The Morgan fingerprint density at radius 2 is 1.80 bits per heavy atom. The molecule has 0 radical (unpaired) electrons. The van der Waals surface area contributed by atoms with Crippen molar-refractivity contribution < 1.29 is 22.8 Å². The van der Waals surface area contributed by atoms with Crippen LogP contribution in [0.5, 0.6) is 0 Å². The monoisotopic (exact) mass is 485 g/mol. The number of benzene rings is 2. The Bertz CT molecular complexity index is 1260. The van der Waals surface area contributed by atoms with E-state index < -0.39 is 11.7 Å². The highest BCUT2D eigenvalue weighted by Crippen LogP contribution is 2.34. The third-order valence-electron chi connectivity index (χ3n) is 6.84. The highest BCUT2D eigenvalue weighted by atomic mass is 19.4. The van der Waals surface area contributed by atoms with Crippen molar-refractivity contribution in [2.75, 3.05) is 31.1 Å². The average molecular weight is 486 g/mol. The molecule has 2 saturated heterocycles. The molecule has 2 aliphatic rings. The van der Waals surface area contributed by atoms with E-state index in [-0.39, 0.29) is 24.4 Å². The van der Waals surface area contributed by atoms with E-state index in [9.17, 15) is 22.8 Å². The molecule has 10 heteroatoms. The number of carbonyl (C=O) groups excluding carboxylic acids is 2. The molecule has 35 heavy (non-hydrogen) atoms. The van der Waals surface area contributed by atoms with Gasteiger partial charge in [0.1, 0.15) is 5.82 Å². The van der Waals surface area contributed by atoms with E-state index in [0.717, 1.165) is 23.4 Å². The van der Waals surface area contributed by atoms with Gasteiger partial charge in [0.05, 0.1) is 23.0 Å². The zero-order valence-electron chi connectivity index (χ0n) is 19.3. The molecule has 0 unspecified atom stereocenters. The van der Waals surface area contributed by atoms with Crippen molar-refractivity contribution in [1.29, 1.82) is 0 Å². The number of rotatable bonds is 4. The number of alkyl halides is 3. The Morgan fingerprint density at radius 1 is 1.09 bits per heavy atom. The minimum Gasteiger partial charge on any atom is -0.342 e. The van der Waals surface area contributed by atoms with E-state index in [0.29, 0.717) is 55.9 Å². The number of halogens is 3. The molecular formula is C25H26F3N5O2. The smallest absolute Gasteiger partial charge is 0.342 e. The molecule has 0 saturated carbocycles. The van der Waals surface area contributed by atoms with Crippen LogP contribution in [0.4, 0.5) is 23.7 Å². The number of anilines is 1. The summed E-state index contributed by atoms with van der Waals surface area (Å²) in [4.78, 5) is 32.6. The lowest BCUT2D eigenvalue weighted by atomic mass is 10.0. The van der Waals surface area contributed by atoms with E-state index in [1.165, 1.54) is 6.07 Å². The number of nitrogens with one attached hydrogen (secondary N) is 1. The topological polar surface area (TPSA) is 70.5 Å². The van der Waals surface area contributed by atoms with E-state index in [1.807, 2.05) is 33.7 Å². The summed E-state index contributed by atoms with van der Waals surface area (Å²) in [6.07, 6.45) is -2.70. The predicted octanol–water partition coefficient (Wildman–Crippen LogP) is 4.30. The number of amides is 3. The van der Waals surface area contributed by atoms with Crippen LogP contribution in [0.3, 0.4) is 0 Å². The summed E-state index contributed by atoms with van der Waals surface area (Å²) in [5.41, 5.74) is 2.02. The number of imidazole rings is 1. The van der Waals surface area contributed by atoms with Gasteiger partial charge in [-0.25, -0.2) is 9.78 Å². The van der Waals surface area contributed by atoms with Crippen LogP contribution < -0.4 is 10.2 Å². The Hall–Kier alpha value is -3.56. The fourth-order valence-corrected chi connectivity index (χ4v) is 5.03. The van der Waals surface area contributed by atoms with Gasteiger partial charge in [0.2, 0.25) is 5.91 Å². The van der Waals surface area contributed by atoms with E-state index >= 15 is 0 Å². The van der Waals surface area contributed by atoms with Crippen molar-refractivity contribution in [2.45, 2.75) is 38.4 Å². The molecule has 3 heterocycles. The van der Waals surface area contributed by atoms with E-state index in [2.05, 4.69) is 10.3 Å². The maximum atomic E-state index is 13.1. The SMILES string of the molecule is Cc1nc2cc(C(F)(F)F)ccc2n1C1CCN(C(=O)Cc2ccc(N3CCNC3=O)cc2)CC1. The number of urea groups is 1. The summed E-state index contributed by atoms with van der Waals surface area (Å²) < 4.78 is 41.2. The number of aromatic nitrogens is 2. The molecule has 2 aromatic carbocycles. The van der Waals surface area contributed by atoms with Crippen LogP contribution in [0.1, 0.15) is 35.8 Å². The standard InChI is InChI=1S/C25H26F3N5O2/c1-16-30-21-15-18(25(26,27)28)4-7-22(21)33(16)20-8-11-31(12-9-20)23(34)14-17-2-5-19(6-3-17)32-13-10-29-24(32)35/h2-7,15,20H,8-14H2,1H3,(H,29,35). The van der Waals surface area contributed by atoms with Crippen LogP contribution in [0.25, 0.3) is 11.0 Å². The van der Waals surface area contributed by atoms with Crippen molar-refractivity contribution in [2.24, 2.45) is 0 Å². The maximum Gasteiger partial charge on any atom is 0.416 e. The van der Waals surface area contributed by atoms with Crippen LogP contribution in [-0.4, -0.2) is 52.6 Å². The molecule has 2 fully saturated rings. The normalized spacial score (nSPS) is 17.3. The van der Waals surface area contributed by atoms with Crippen LogP contribution in [0.2, 0.25) is 0 Å². The molecule has 1 N–H and O–H groups in total. The second-order valence-corrected chi connectivity index (χ2v) is 9.07. The number of aryl methyl sites for hydroxylation is 1. The fourth-order valence-electron chi connectivity index (χ4n) is 5.03. The van der Waals surface area contributed by atoms with Gasteiger partial charge in [-0.05, 0) is 55.7 Å². The van der Waals surface area contributed by atoms with Crippen molar-refractivity contribution >= 4 is 28.7 Å². The number of hydrogen-bond acceptors (Lipinski definition) is 3. The lowest BCUT2D eigenvalue weighted by Crippen LogP contribution is -2.40. The molecular weight excluding hydrogens is 459 g/mol. The molecule has 3 amide bonds. The summed E-state index contributed by atoms with van der Waals surface area (Å²) >= 11 is 0. The van der Waals surface area contributed by atoms with Crippen molar-refractivity contribution in [3.8, 4) is 0 Å². The lowest BCUT2D eigenvalue weighted by Gasteiger charge is -2.33. The van der Waals surface area contributed by atoms with Crippen LogP contribution >= 0.6 is 0 Å². The highest BCUT2D eigenvalue weighted by Gasteiger charge is 2.32. The summed E-state index contributed by atoms with van der Waals surface area (Å²) in [5.74, 6) is 0.716. The van der Waals surface area contributed by atoms with Gasteiger partial charge in [-0.1, -0.05) is 12.1 Å². The molecule has 0 bridgehead atoms. The highest BCUT2D eigenvalue weighted by molar-refractivity contribution is 5.94. The summed E-state index contributed by atoms with van der Waals surface area (Å²) in [5, 5.41) is 2.77. The lowest BCUT2D eigenvalue weighted by molar-refractivity contribution is -0.137. The Morgan fingerprint density at radius 3 is 2.43 bits per heavy atom. The van der Waals surface area contributed by atoms with Gasteiger partial charge in [0.25, 0.3) is 0 Å². The van der Waals surface area contributed by atoms with Crippen LogP contribution in [0, 0.1) is 6.92 Å². The van der Waals surface area contributed by atoms with Gasteiger partial charge in [-0.3, -0.25) is 9.69 Å². The van der Waals surface area contributed by atoms with Gasteiger partial charge in [-0.15, -0.1) is 0 Å². The first kappa shape index (κ1) is 23.2. The zero-order valence-corrected chi connectivity index (χ0v) is 19.3. The second-order valence-electron chi connectivity index (χ2n) is 9.07. The molecule has 0 spiro atoms. The van der Waals surface area contributed by atoms with Crippen molar-refractivity contribution in [3.63, 3.8) is 0 Å². The molecule has 0 aliphatic carbocycles. The van der Waals surface area contributed by atoms with Gasteiger partial charge < -0.3 is 14.8 Å². The number of nitrogens with zero attached hydrogens (tertiary/aromatic N) is 4. The fraction of sp³-hybridized carbons (Fsp3) is 0.400. The zero-order chi connectivity index (χ0) is 24.7. The van der Waals surface area contributed by atoms with Crippen molar-refractivity contribution in [1.82, 2.24) is 19.8 Å². The number of fused-ring (bicyclic) bond motifs is 1. The first-order valence-corrected chi connectivity index (χ1v) is 11.7. The number of likely N-dealkylation sites (tertiary alicyclic amines) is 1. The number of carbonyl (C=O) groups is 2. The molecule has 7 nitrogen and oxygen atoms in total. The van der Waals surface area contributed by atoms with E-state index in [1.54, 1.807) is 11.8 Å². The summed E-state index contributed by atoms with van der Waals surface area (Å²) in [7, 11) is 0. The van der Waals surface area contributed by atoms with Gasteiger partial charge in [0, 0.05) is 37.9 Å². The third kappa shape index (κ3) is 4.56. The number of piperidine rings is 1. The quantitative estimate of drug-likeness (QED) is 0.599. The maximum absolute atomic E-state index is 13.1. The van der Waals surface area contributed by atoms with Crippen LogP contribution in [0.15, 0.2) is 42.5 Å². The summed E-state index contributed by atoms with van der Waals surface area (Å²) in [6, 6.07) is 11.1. The van der Waals surface area contributed by atoms with Crippen LogP contribution in [-0.2, 0) is 17.4 Å². The predicted molar refractivity (Wildman–Crippen MR) is 125 cm³/mol. The molecule has 0 atom stereocenters. The van der Waals surface area contributed by atoms with E-state index in [4.69, 9.17) is 0 Å². The largest absolute Gasteiger partial charge is 0.416 e. The number of hydrogen-bond donors (Lipinski definition) is 1. The van der Waals surface area contributed by atoms with Gasteiger partial charge >= 0.3 is 12.2 Å². The molecule has 3 aromatic rings. The Balaban J connectivity index is 1.22. The molecule has 184 valence electrons. The first-order chi connectivity index (χ1) is 16.7. The average Bonchev–Trinajstić information content (AvgIpc) is 3.40. The van der Waals surface area contributed by atoms with Gasteiger partial charge in [-0.2, -0.15) is 13.2 Å². The first-order valence-electron chi connectivity index (χ1n) is 11.7. The Kier molecular flexibility index (Phi) is 5.90. The molecule has 2 aliphatic heterocycles. The second kappa shape index (κ2) is 8.90. The Labute approximate surface area is 200 Å². The third-order valence-corrected chi connectivity index (χ3v) is 6.84. The summed E-state index contributed by atoms with van der Waals surface area (Å²) in [6.45, 7) is 4.21.